The minimum absolute atomic E-state index is 0.366. The van der Waals surface area contributed by atoms with Crippen LogP contribution in [0, 0.1) is 17.2 Å². The van der Waals surface area contributed by atoms with Crippen LogP contribution in [-0.2, 0) is 6.42 Å². The summed E-state index contributed by atoms with van der Waals surface area (Å²) in [4.78, 5) is 0. The predicted octanol–water partition coefficient (Wildman–Crippen LogP) is 3.13. The van der Waals surface area contributed by atoms with Crippen molar-refractivity contribution < 1.29 is 9.47 Å². The Morgan fingerprint density at radius 1 is 1.17 bits per heavy atom. The van der Waals surface area contributed by atoms with Gasteiger partial charge in [0.1, 0.15) is 6.07 Å². The Hall–Kier alpha value is -2.55. The Labute approximate surface area is 136 Å². The summed E-state index contributed by atoms with van der Waals surface area (Å²) >= 11 is 0. The van der Waals surface area contributed by atoms with Gasteiger partial charge in [-0.3, -0.25) is 0 Å². The van der Waals surface area contributed by atoms with Crippen LogP contribution in [0.15, 0.2) is 18.2 Å². The van der Waals surface area contributed by atoms with Gasteiger partial charge in [0.15, 0.2) is 17.2 Å². The van der Waals surface area contributed by atoms with Gasteiger partial charge in [-0.1, -0.05) is 19.1 Å². The molecule has 6 nitrogen and oxygen atoms in total. The molecule has 1 heterocycles. The Morgan fingerprint density at radius 2 is 1.87 bits per heavy atom. The highest BCUT2D eigenvalue weighted by Gasteiger charge is 2.17. The van der Waals surface area contributed by atoms with Gasteiger partial charge in [-0.05, 0) is 38.3 Å². The highest BCUT2D eigenvalue weighted by molar-refractivity contribution is 5.49. The molecule has 0 saturated heterocycles. The fourth-order valence-electron chi connectivity index (χ4n) is 2.34. The molecule has 0 saturated carbocycles. The average Bonchev–Trinajstić information content (AvgIpc) is 2.91. The van der Waals surface area contributed by atoms with E-state index in [1.54, 1.807) is 4.68 Å². The van der Waals surface area contributed by atoms with Crippen molar-refractivity contribution in [3.05, 3.63) is 29.6 Å². The SMILES string of the molecule is CCOc1ccc(-n2nnc(C#N)c2CC(C)C)cc1OCC. The zero-order valence-electron chi connectivity index (χ0n) is 14.0. The maximum atomic E-state index is 9.23. The second-order valence-electron chi connectivity index (χ2n) is 5.50. The van der Waals surface area contributed by atoms with Gasteiger partial charge in [-0.2, -0.15) is 5.26 Å². The molecular weight excluding hydrogens is 292 g/mol. The van der Waals surface area contributed by atoms with Gasteiger partial charge in [-0.25, -0.2) is 4.68 Å². The maximum Gasteiger partial charge on any atom is 0.186 e. The molecule has 0 atom stereocenters. The van der Waals surface area contributed by atoms with Crippen molar-refractivity contribution in [1.29, 1.82) is 5.26 Å². The molecular formula is C17H22N4O2. The second kappa shape index (κ2) is 7.63. The molecule has 0 amide bonds. The quantitative estimate of drug-likeness (QED) is 0.785. The normalized spacial score (nSPS) is 10.6. The number of hydrogen-bond acceptors (Lipinski definition) is 5. The Kier molecular flexibility index (Phi) is 5.58. The van der Waals surface area contributed by atoms with Gasteiger partial charge in [0, 0.05) is 6.07 Å². The first-order valence-electron chi connectivity index (χ1n) is 7.85. The lowest BCUT2D eigenvalue weighted by molar-refractivity contribution is 0.287. The molecule has 0 fully saturated rings. The number of aromatic nitrogens is 3. The highest BCUT2D eigenvalue weighted by atomic mass is 16.5. The molecule has 0 aliphatic heterocycles. The van der Waals surface area contributed by atoms with E-state index in [0.717, 1.165) is 17.8 Å². The lowest BCUT2D eigenvalue weighted by atomic mass is 10.1. The first kappa shape index (κ1) is 16.8. The van der Waals surface area contributed by atoms with Crippen LogP contribution in [0.1, 0.15) is 39.1 Å². The zero-order chi connectivity index (χ0) is 16.8. The van der Waals surface area contributed by atoms with Crippen LogP contribution in [0.5, 0.6) is 11.5 Å². The third kappa shape index (κ3) is 3.81. The number of nitriles is 1. The fraction of sp³-hybridized carbons (Fsp3) is 0.471. The summed E-state index contributed by atoms with van der Waals surface area (Å²) in [6.07, 6.45) is 0.729. The monoisotopic (exact) mass is 314 g/mol. The van der Waals surface area contributed by atoms with Crippen LogP contribution < -0.4 is 9.47 Å². The first-order valence-corrected chi connectivity index (χ1v) is 7.85. The Morgan fingerprint density at radius 3 is 2.48 bits per heavy atom. The van der Waals surface area contributed by atoms with E-state index in [1.807, 2.05) is 32.0 Å². The molecule has 2 aromatic rings. The molecule has 0 N–H and O–H groups in total. The summed E-state index contributed by atoms with van der Waals surface area (Å²) in [5, 5.41) is 17.3. The van der Waals surface area contributed by atoms with E-state index in [2.05, 4.69) is 30.2 Å². The Bertz CT molecular complexity index is 701. The second-order valence-corrected chi connectivity index (χ2v) is 5.50. The molecule has 23 heavy (non-hydrogen) atoms. The average molecular weight is 314 g/mol. The minimum Gasteiger partial charge on any atom is -0.490 e. The largest absolute Gasteiger partial charge is 0.490 e. The van der Waals surface area contributed by atoms with E-state index in [-0.39, 0.29) is 0 Å². The van der Waals surface area contributed by atoms with Gasteiger partial charge in [0.05, 0.1) is 24.6 Å². The summed E-state index contributed by atoms with van der Waals surface area (Å²) in [5.74, 6) is 1.76. The van der Waals surface area contributed by atoms with Crippen molar-refractivity contribution in [2.75, 3.05) is 13.2 Å². The molecule has 0 aliphatic carbocycles. The standard InChI is InChI=1S/C17H22N4O2/c1-5-22-16-8-7-13(10-17(16)23-6-2)21-15(9-12(3)4)14(11-18)19-20-21/h7-8,10,12H,5-6,9H2,1-4H3. The van der Waals surface area contributed by atoms with E-state index >= 15 is 0 Å². The van der Waals surface area contributed by atoms with Crippen LogP contribution in [-0.4, -0.2) is 28.2 Å². The number of hydrogen-bond donors (Lipinski definition) is 0. The molecule has 0 bridgehead atoms. The summed E-state index contributed by atoms with van der Waals surface area (Å²) in [6, 6.07) is 7.74. The van der Waals surface area contributed by atoms with Gasteiger partial charge in [0.25, 0.3) is 0 Å². The molecule has 6 heteroatoms. The predicted molar refractivity (Wildman–Crippen MR) is 87.0 cm³/mol. The third-order valence-corrected chi connectivity index (χ3v) is 3.24. The van der Waals surface area contributed by atoms with E-state index < -0.39 is 0 Å². The van der Waals surface area contributed by atoms with Gasteiger partial charge < -0.3 is 9.47 Å². The van der Waals surface area contributed by atoms with Crippen molar-refractivity contribution in [3.63, 3.8) is 0 Å². The maximum absolute atomic E-state index is 9.23. The van der Waals surface area contributed by atoms with E-state index in [9.17, 15) is 5.26 Å². The summed E-state index contributed by atoms with van der Waals surface area (Å²) in [7, 11) is 0. The van der Waals surface area contributed by atoms with Crippen molar-refractivity contribution in [3.8, 4) is 23.3 Å². The topological polar surface area (TPSA) is 73.0 Å². The summed E-state index contributed by atoms with van der Waals surface area (Å²) in [6.45, 7) is 9.17. The van der Waals surface area contributed by atoms with E-state index in [0.29, 0.717) is 36.3 Å². The highest BCUT2D eigenvalue weighted by Crippen LogP contribution is 2.30. The smallest absolute Gasteiger partial charge is 0.186 e. The molecule has 1 aromatic heterocycles. The van der Waals surface area contributed by atoms with Crippen molar-refractivity contribution in [2.24, 2.45) is 5.92 Å². The van der Waals surface area contributed by atoms with Crippen molar-refractivity contribution in [1.82, 2.24) is 15.0 Å². The molecule has 0 aliphatic rings. The van der Waals surface area contributed by atoms with Crippen LogP contribution >= 0.6 is 0 Å². The van der Waals surface area contributed by atoms with Crippen LogP contribution in [0.25, 0.3) is 5.69 Å². The fourth-order valence-corrected chi connectivity index (χ4v) is 2.34. The lowest BCUT2D eigenvalue weighted by Crippen LogP contribution is -2.07. The number of rotatable bonds is 7. The van der Waals surface area contributed by atoms with Gasteiger partial charge >= 0.3 is 0 Å². The Balaban J connectivity index is 2.48. The van der Waals surface area contributed by atoms with E-state index in [1.165, 1.54) is 0 Å². The van der Waals surface area contributed by atoms with E-state index in [4.69, 9.17) is 9.47 Å². The lowest BCUT2D eigenvalue weighted by Gasteiger charge is -2.14. The summed E-state index contributed by atoms with van der Waals surface area (Å²) < 4.78 is 12.9. The first-order chi connectivity index (χ1) is 11.1. The molecule has 0 radical (unpaired) electrons. The van der Waals surface area contributed by atoms with Crippen LogP contribution in [0.3, 0.4) is 0 Å². The van der Waals surface area contributed by atoms with Gasteiger partial charge in [0.2, 0.25) is 0 Å². The third-order valence-electron chi connectivity index (χ3n) is 3.24. The molecule has 0 unspecified atom stereocenters. The number of ether oxygens (including phenoxy) is 2. The molecule has 122 valence electrons. The van der Waals surface area contributed by atoms with Crippen molar-refractivity contribution >= 4 is 0 Å². The number of nitrogens with zero attached hydrogens (tertiary/aromatic N) is 4. The molecule has 2 rings (SSSR count). The zero-order valence-corrected chi connectivity index (χ0v) is 14.0. The van der Waals surface area contributed by atoms with Gasteiger partial charge in [-0.15, -0.1) is 5.10 Å². The molecule has 1 aromatic carbocycles. The molecule has 0 spiro atoms. The summed E-state index contributed by atoms with van der Waals surface area (Å²) in [5.41, 5.74) is 1.99. The van der Waals surface area contributed by atoms with Crippen molar-refractivity contribution in [2.45, 2.75) is 34.1 Å². The minimum atomic E-state index is 0.366. The van der Waals surface area contributed by atoms with Crippen LogP contribution in [0.2, 0.25) is 0 Å². The van der Waals surface area contributed by atoms with Crippen LogP contribution in [0.4, 0.5) is 0 Å². The number of benzene rings is 1.